The van der Waals surface area contributed by atoms with Crippen LogP contribution >= 0.6 is 11.6 Å². The van der Waals surface area contributed by atoms with Gasteiger partial charge in [0.05, 0.1) is 21.0 Å². The summed E-state index contributed by atoms with van der Waals surface area (Å²) in [4.78, 5) is 24.5. The van der Waals surface area contributed by atoms with Crippen LogP contribution in [0.25, 0.3) is 0 Å². The zero-order valence-corrected chi connectivity index (χ0v) is 13.6. The van der Waals surface area contributed by atoms with E-state index in [1.165, 1.54) is 36.4 Å². The summed E-state index contributed by atoms with van der Waals surface area (Å²) in [7, 11) is -3.65. The first-order valence-corrected chi connectivity index (χ1v) is 8.67. The zero-order chi connectivity index (χ0) is 17.2. The van der Waals surface area contributed by atoms with Gasteiger partial charge in [-0.25, -0.2) is 19.3 Å². The molecule has 23 heavy (non-hydrogen) atoms. The van der Waals surface area contributed by atoms with Crippen molar-refractivity contribution < 1.29 is 18.0 Å². The average Bonchev–Trinajstić information content (AvgIpc) is 2.52. The number of halogens is 1. The molecule has 6 nitrogen and oxygen atoms in total. The van der Waals surface area contributed by atoms with E-state index in [0.29, 0.717) is 5.01 Å². The molecule has 2 amide bonds. The molecule has 0 saturated heterocycles. The maximum absolute atomic E-state index is 12.4. The second-order valence-electron chi connectivity index (χ2n) is 4.73. The van der Waals surface area contributed by atoms with Crippen LogP contribution in [0.1, 0.15) is 20.7 Å². The summed E-state index contributed by atoms with van der Waals surface area (Å²) in [6, 6.07) is 11.6. The summed E-state index contributed by atoms with van der Waals surface area (Å²) in [6.07, 6.45) is 0.968. The van der Waals surface area contributed by atoms with Gasteiger partial charge in [0.25, 0.3) is 11.8 Å². The van der Waals surface area contributed by atoms with Crippen molar-refractivity contribution in [2.45, 2.75) is 4.90 Å². The molecule has 8 heteroatoms. The third-order valence-corrected chi connectivity index (χ3v) is 4.54. The van der Waals surface area contributed by atoms with E-state index >= 15 is 0 Å². The Kier molecular flexibility index (Phi) is 4.84. The molecule has 120 valence electrons. The summed E-state index contributed by atoms with van der Waals surface area (Å²) in [6.45, 7) is 0. The first kappa shape index (κ1) is 17.1. The molecule has 0 heterocycles. The average molecular weight is 353 g/mol. The normalized spacial score (nSPS) is 11.1. The minimum atomic E-state index is -3.65. The lowest BCUT2D eigenvalue weighted by atomic mass is 10.1. The zero-order valence-electron chi connectivity index (χ0n) is 12.1. The predicted octanol–water partition coefficient (Wildman–Crippen LogP) is 1.90. The minimum Gasteiger partial charge on any atom is -0.267 e. The first-order chi connectivity index (χ1) is 10.7. The smallest absolute Gasteiger partial charge is 0.267 e. The van der Waals surface area contributed by atoms with Crippen molar-refractivity contribution in [3.63, 3.8) is 0 Å². The summed E-state index contributed by atoms with van der Waals surface area (Å²) >= 11 is 5.91. The molecule has 0 fully saturated rings. The Morgan fingerprint density at radius 2 is 1.43 bits per heavy atom. The monoisotopic (exact) mass is 352 g/mol. The van der Waals surface area contributed by atoms with Crippen LogP contribution in [0.5, 0.6) is 0 Å². The van der Waals surface area contributed by atoms with Crippen molar-refractivity contribution in [3.05, 3.63) is 64.7 Å². The number of carbonyl (C=O) groups excluding carboxylic acids is 2. The van der Waals surface area contributed by atoms with Gasteiger partial charge in [0.2, 0.25) is 0 Å². The number of benzene rings is 2. The number of nitrogens with zero attached hydrogens (tertiary/aromatic N) is 1. The van der Waals surface area contributed by atoms with E-state index in [4.69, 9.17) is 17.4 Å². The molecular weight excluding hydrogens is 340 g/mol. The van der Waals surface area contributed by atoms with E-state index in [-0.39, 0.29) is 21.0 Å². The predicted molar refractivity (Wildman–Crippen MR) is 85.7 cm³/mol. The van der Waals surface area contributed by atoms with Crippen molar-refractivity contribution in [2.24, 2.45) is 5.84 Å². The first-order valence-electron chi connectivity index (χ1n) is 6.40. The second-order valence-corrected chi connectivity index (χ2v) is 7.12. The van der Waals surface area contributed by atoms with Gasteiger partial charge in [0.1, 0.15) is 0 Å². The Morgan fingerprint density at radius 1 is 0.957 bits per heavy atom. The van der Waals surface area contributed by atoms with Gasteiger partial charge in [0, 0.05) is 6.26 Å². The molecule has 0 saturated carbocycles. The Morgan fingerprint density at radius 3 is 2.00 bits per heavy atom. The topological polar surface area (TPSA) is 97.5 Å². The number of imide groups is 1. The third-order valence-electron chi connectivity index (χ3n) is 3.06. The number of rotatable bonds is 3. The quantitative estimate of drug-likeness (QED) is 0.394. The van der Waals surface area contributed by atoms with Crippen molar-refractivity contribution in [3.8, 4) is 0 Å². The fraction of sp³-hybridized carbons (Fsp3) is 0.0667. The number of nitrogens with two attached hydrogens (primary N) is 1. The van der Waals surface area contributed by atoms with Gasteiger partial charge < -0.3 is 0 Å². The summed E-state index contributed by atoms with van der Waals surface area (Å²) in [5.41, 5.74) is -0.139. The van der Waals surface area contributed by atoms with Crippen LogP contribution < -0.4 is 5.84 Å². The van der Waals surface area contributed by atoms with Crippen LogP contribution in [0.3, 0.4) is 0 Å². The van der Waals surface area contributed by atoms with Crippen molar-refractivity contribution in [2.75, 3.05) is 6.26 Å². The number of amides is 2. The largest absolute Gasteiger partial charge is 0.276 e. The number of hydrogen-bond acceptors (Lipinski definition) is 5. The summed E-state index contributed by atoms with van der Waals surface area (Å²) < 4.78 is 23.5. The number of hydrazine groups is 1. The number of sulfone groups is 1. The number of carbonyl (C=O) groups is 2. The van der Waals surface area contributed by atoms with E-state index in [1.807, 2.05) is 0 Å². The summed E-state index contributed by atoms with van der Waals surface area (Å²) in [5.74, 6) is 3.82. The van der Waals surface area contributed by atoms with Gasteiger partial charge in [-0.2, -0.15) is 0 Å². The Balaban J connectivity index is 2.42. The molecule has 0 aromatic heterocycles. The lowest BCUT2D eigenvalue weighted by Crippen LogP contribution is -2.43. The highest BCUT2D eigenvalue weighted by Crippen LogP contribution is 2.20. The van der Waals surface area contributed by atoms with Gasteiger partial charge in [-0.05, 0) is 24.3 Å². The van der Waals surface area contributed by atoms with Crippen LogP contribution in [0.15, 0.2) is 53.4 Å². The number of hydrogen-bond donors (Lipinski definition) is 1. The SMILES string of the molecule is CS(=O)(=O)c1ccccc1C(=O)N(N)C(=O)c1ccccc1Cl. The molecule has 0 aliphatic rings. The van der Waals surface area contributed by atoms with E-state index in [2.05, 4.69) is 0 Å². The lowest BCUT2D eigenvalue weighted by molar-refractivity contribution is 0.0613. The molecule has 0 unspecified atom stereocenters. The maximum Gasteiger partial charge on any atom is 0.276 e. The van der Waals surface area contributed by atoms with Gasteiger partial charge in [-0.15, -0.1) is 0 Å². The van der Waals surface area contributed by atoms with E-state index < -0.39 is 21.7 Å². The molecule has 0 radical (unpaired) electrons. The van der Waals surface area contributed by atoms with Crippen LogP contribution in [0, 0.1) is 0 Å². The molecule has 0 spiro atoms. The van der Waals surface area contributed by atoms with Crippen LogP contribution in [0.2, 0.25) is 5.02 Å². The van der Waals surface area contributed by atoms with Crippen LogP contribution in [-0.4, -0.2) is 31.5 Å². The van der Waals surface area contributed by atoms with Crippen molar-refractivity contribution in [1.82, 2.24) is 5.01 Å². The molecular formula is C15H13ClN2O4S. The van der Waals surface area contributed by atoms with Gasteiger partial charge in [-0.1, -0.05) is 35.9 Å². The minimum absolute atomic E-state index is 0.0434. The van der Waals surface area contributed by atoms with Crippen LogP contribution in [-0.2, 0) is 9.84 Å². The fourth-order valence-electron chi connectivity index (χ4n) is 1.95. The lowest BCUT2D eigenvalue weighted by Gasteiger charge is -2.17. The Labute approximate surface area is 138 Å². The Hall–Kier alpha value is -2.22. The fourth-order valence-corrected chi connectivity index (χ4v) is 3.05. The molecule has 2 N–H and O–H groups in total. The Bertz CT molecular complexity index is 881. The molecule has 2 aromatic rings. The molecule has 0 aliphatic carbocycles. The van der Waals surface area contributed by atoms with Crippen LogP contribution in [0.4, 0.5) is 0 Å². The van der Waals surface area contributed by atoms with Gasteiger partial charge in [0.15, 0.2) is 9.84 Å². The second kappa shape index (κ2) is 6.49. The highest BCUT2D eigenvalue weighted by molar-refractivity contribution is 7.90. The summed E-state index contributed by atoms with van der Waals surface area (Å²) in [5, 5.41) is 0.489. The molecule has 2 aromatic carbocycles. The molecule has 0 atom stereocenters. The van der Waals surface area contributed by atoms with E-state index in [9.17, 15) is 18.0 Å². The van der Waals surface area contributed by atoms with E-state index in [0.717, 1.165) is 6.26 Å². The van der Waals surface area contributed by atoms with Crippen molar-refractivity contribution in [1.29, 1.82) is 0 Å². The molecule has 0 aliphatic heterocycles. The molecule has 0 bridgehead atoms. The van der Waals surface area contributed by atoms with Crippen molar-refractivity contribution >= 4 is 33.3 Å². The van der Waals surface area contributed by atoms with E-state index in [1.54, 1.807) is 12.1 Å². The third kappa shape index (κ3) is 3.58. The highest BCUT2D eigenvalue weighted by atomic mass is 35.5. The maximum atomic E-state index is 12.4. The highest BCUT2D eigenvalue weighted by Gasteiger charge is 2.26. The molecule has 2 rings (SSSR count). The van der Waals surface area contributed by atoms with Gasteiger partial charge in [-0.3, -0.25) is 9.59 Å². The van der Waals surface area contributed by atoms with Gasteiger partial charge >= 0.3 is 0 Å². The standard InChI is InChI=1S/C15H13ClN2O4S/c1-23(21,22)13-9-5-3-7-11(13)15(20)18(17)14(19)10-6-2-4-8-12(10)16/h2-9H,17H2,1H3.